The molecule has 0 aromatic rings. The Morgan fingerprint density at radius 2 is 2.05 bits per heavy atom. The molecule has 0 spiro atoms. The number of amides is 2. The fourth-order valence-electron chi connectivity index (χ4n) is 2.28. The zero-order valence-electron chi connectivity index (χ0n) is 12.6. The van der Waals surface area contributed by atoms with Gasteiger partial charge in [0.05, 0.1) is 25.2 Å². The summed E-state index contributed by atoms with van der Waals surface area (Å²) in [4.78, 5) is 24.3. The number of aliphatic hydroxyl groups is 1. The van der Waals surface area contributed by atoms with Crippen molar-refractivity contribution in [2.75, 3.05) is 32.8 Å². The average molecular weight is 302 g/mol. The van der Waals surface area contributed by atoms with Crippen molar-refractivity contribution in [3.05, 3.63) is 0 Å². The summed E-state index contributed by atoms with van der Waals surface area (Å²) in [5, 5.41) is 20.3. The highest BCUT2D eigenvalue weighted by atomic mass is 16.5. The molecule has 1 heterocycles. The van der Waals surface area contributed by atoms with Gasteiger partial charge in [0.15, 0.2) is 0 Å². The number of piperidine rings is 1. The molecule has 0 radical (unpaired) electrons. The van der Waals surface area contributed by atoms with Crippen molar-refractivity contribution in [1.82, 2.24) is 10.2 Å². The number of aliphatic carboxylic acids is 1. The van der Waals surface area contributed by atoms with Crippen molar-refractivity contribution in [3.8, 4) is 0 Å². The van der Waals surface area contributed by atoms with Crippen molar-refractivity contribution in [2.24, 2.45) is 5.92 Å². The third-order valence-electron chi connectivity index (χ3n) is 3.69. The van der Waals surface area contributed by atoms with E-state index in [0.717, 1.165) is 12.8 Å². The lowest BCUT2D eigenvalue weighted by Gasteiger charge is -2.31. The number of nitrogens with zero attached hydrogens (tertiary/aromatic N) is 1. The van der Waals surface area contributed by atoms with E-state index in [9.17, 15) is 9.59 Å². The molecule has 1 fully saturated rings. The van der Waals surface area contributed by atoms with Gasteiger partial charge in [0.2, 0.25) is 0 Å². The number of rotatable bonds is 8. The van der Waals surface area contributed by atoms with Gasteiger partial charge in [-0.2, -0.15) is 0 Å². The minimum Gasteiger partial charge on any atom is -0.481 e. The molecular formula is C14H26N2O5. The van der Waals surface area contributed by atoms with E-state index in [-0.39, 0.29) is 24.7 Å². The molecule has 1 saturated heterocycles. The van der Waals surface area contributed by atoms with E-state index >= 15 is 0 Å². The zero-order valence-corrected chi connectivity index (χ0v) is 12.6. The van der Waals surface area contributed by atoms with Gasteiger partial charge in [-0.1, -0.05) is 6.92 Å². The molecule has 21 heavy (non-hydrogen) atoms. The number of nitrogens with one attached hydrogen (secondary N) is 1. The Morgan fingerprint density at radius 3 is 2.62 bits per heavy atom. The third-order valence-corrected chi connectivity index (χ3v) is 3.69. The molecular weight excluding hydrogens is 276 g/mol. The molecule has 1 atom stereocenters. The maximum Gasteiger partial charge on any atom is 0.317 e. The van der Waals surface area contributed by atoms with Crippen LogP contribution in [-0.2, 0) is 9.53 Å². The summed E-state index contributed by atoms with van der Waals surface area (Å²) in [5.41, 5.74) is 0. The minimum atomic E-state index is -0.800. The highest BCUT2D eigenvalue weighted by Gasteiger charge is 2.22. The van der Waals surface area contributed by atoms with Crippen LogP contribution < -0.4 is 5.32 Å². The quantitative estimate of drug-likeness (QED) is 0.572. The first-order chi connectivity index (χ1) is 10.0. The number of likely N-dealkylation sites (tertiary alicyclic amines) is 1. The predicted molar refractivity (Wildman–Crippen MR) is 77.1 cm³/mol. The number of hydrogen-bond donors (Lipinski definition) is 3. The monoisotopic (exact) mass is 302 g/mol. The number of urea groups is 1. The van der Waals surface area contributed by atoms with E-state index in [0.29, 0.717) is 39.1 Å². The highest BCUT2D eigenvalue weighted by molar-refractivity contribution is 5.74. The van der Waals surface area contributed by atoms with Crippen LogP contribution >= 0.6 is 0 Å². The van der Waals surface area contributed by atoms with Crippen LogP contribution in [-0.4, -0.2) is 66.1 Å². The predicted octanol–water partition coefficient (Wildman–Crippen LogP) is 0.670. The van der Waals surface area contributed by atoms with E-state index < -0.39 is 5.97 Å². The molecule has 7 heteroatoms. The van der Waals surface area contributed by atoms with Crippen LogP contribution in [0.3, 0.4) is 0 Å². The summed E-state index contributed by atoms with van der Waals surface area (Å²) in [6.07, 6.45) is 2.91. The zero-order chi connectivity index (χ0) is 15.7. The number of aliphatic hydroxyl groups excluding tert-OH is 1. The van der Waals surface area contributed by atoms with Crippen LogP contribution in [0.2, 0.25) is 0 Å². The van der Waals surface area contributed by atoms with Crippen LogP contribution in [0.15, 0.2) is 0 Å². The van der Waals surface area contributed by atoms with Gasteiger partial charge in [-0.15, -0.1) is 0 Å². The number of carboxylic acid groups (broad SMARTS) is 1. The van der Waals surface area contributed by atoms with Crippen molar-refractivity contribution in [1.29, 1.82) is 0 Å². The van der Waals surface area contributed by atoms with E-state index in [2.05, 4.69) is 5.32 Å². The van der Waals surface area contributed by atoms with Gasteiger partial charge in [-0.05, 0) is 25.7 Å². The van der Waals surface area contributed by atoms with Crippen LogP contribution in [0.25, 0.3) is 0 Å². The summed E-state index contributed by atoms with van der Waals surface area (Å²) >= 11 is 0. The van der Waals surface area contributed by atoms with Crippen LogP contribution in [0.1, 0.15) is 32.6 Å². The van der Waals surface area contributed by atoms with Crippen molar-refractivity contribution >= 4 is 12.0 Å². The van der Waals surface area contributed by atoms with Crippen molar-refractivity contribution < 1.29 is 24.5 Å². The number of carboxylic acids is 1. The first-order valence-electron chi connectivity index (χ1n) is 7.52. The number of carbonyl (C=O) groups is 2. The molecule has 1 rings (SSSR count). The topological polar surface area (TPSA) is 99.1 Å². The Morgan fingerprint density at radius 1 is 1.38 bits per heavy atom. The van der Waals surface area contributed by atoms with E-state index in [1.54, 1.807) is 11.8 Å². The van der Waals surface area contributed by atoms with Gasteiger partial charge in [0.25, 0.3) is 0 Å². The first kappa shape index (κ1) is 17.7. The fourth-order valence-corrected chi connectivity index (χ4v) is 2.28. The lowest BCUT2D eigenvalue weighted by Crippen LogP contribution is -2.46. The molecule has 3 N–H and O–H groups in total. The molecule has 0 saturated carbocycles. The van der Waals surface area contributed by atoms with Gasteiger partial charge in [-0.3, -0.25) is 4.79 Å². The van der Waals surface area contributed by atoms with Crippen LogP contribution in [0.5, 0.6) is 0 Å². The normalized spacial score (nSPS) is 17.5. The largest absolute Gasteiger partial charge is 0.481 e. The third kappa shape index (κ3) is 6.77. The summed E-state index contributed by atoms with van der Waals surface area (Å²) in [6, 6.07) is -0.0985. The molecule has 0 aromatic heterocycles. The molecule has 2 amide bonds. The van der Waals surface area contributed by atoms with Gasteiger partial charge < -0.3 is 25.2 Å². The van der Waals surface area contributed by atoms with Crippen molar-refractivity contribution in [2.45, 2.75) is 38.7 Å². The molecule has 0 bridgehead atoms. The Hall–Kier alpha value is -1.34. The van der Waals surface area contributed by atoms with E-state index in [1.807, 2.05) is 0 Å². The van der Waals surface area contributed by atoms with Gasteiger partial charge in [0, 0.05) is 19.6 Å². The molecule has 1 unspecified atom stereocenters. The standard InChI is InChI=1S/C14H26N2O5/c1-11(13(18)19)3-2-6-15-14(20)16-7-4-12(5-8-16)21-10-9-17/h11-12,17H,2-10H2,1H3,(H,15,20)(H,18,19). The Labute approximate surface area is 125 Å². The molecule has 1 aliphatic rings. The van der Waals surface area contributed by atoms with Gasteiger partial charge >= 0.3 is 12.0 Å². The number of carbonyl (C=O) groups excluding carboxylic acids is 1. The summed E-state index contributed by atoms with van der Waals surface area (Å²) in [5.74, 6) is -1.17. The SMILES string of the molecule is CC(CCCNC(=O)N1CCC(OCCO)CC1)C(=O)O. The Balaban J connectivity index is 2.12. The van der Waals surface area contributed by atoms with Crippen molar-refractivity contribution in [3.63, 3.8) is 0 Å². The number of ether oxygens (including phenoxy) is 1. The summed E-state index contributed by atoms with van der Waals surface area (Å²) in [6.45, 7) is 3.83. The van der Waals surface area contributed by atoms with Crippen LogP contribution in [0, 0.1) is 5.92 Å². The molecule has 122 valence electrons. The second kappa shape index (κ2) is 9.57. The van der Waals surface area contributed by atoms with E-state index in [1.165, 1.54) is 0 Å². The smallest absolute Gasteiger partial charge is 0.317 e. The maximum absolute atomic E-state index is 11.9. The maximum atomic E-state index is 11.9. The summed E-state index contributed by atoms with van der Waals surface area (Å²) < 4.78 is 5.44. The number of hydrogen-bond acceptors (Lipinski definition) is 4. The second-order valence-corrected chi connectivity index (χ2v) is 5.39. The molecule has 0 aliphatic carbocycles. The van der Waals surface area contributed by atoms with E-state index in [4.69, 9.17) is 14.9 Å². The molecule has 1 aliphatic heterocycles. The van der Waals surface area contributed by atoms with Crippen LogP contribution in [0.4, 0.5) is 4.79 Å². The lowest BCUT2D eigenvalue weighted by atomic mass is 10.1. The lowest BCUT2D eigenvalue weighted by molar-refractivity contribution is -0.141. The second-order valence-electron chi connectivity index (χ2n) is 5.39. The Bertz CT molecular complexity index is 329. The van der Waals surface area contributed by atoms with Gasteiger partial charge in [0.1, 0.15) is 0 Å². The summed E-state index contributed by atoms with van der Waals surface area (Å²) in [7, 11) is 0. The molecule has 7 nitrogen and oxygen atoms in total. The molecule has 0 aromatic carbocycles. The minimum absolute atomic E-state index is 0.0233. The Kier molecular flexibility index (Phi) is 8.07. The first-order valence-corrected chi connectivity index (χ1v) is 7.52. The average Bonchev–Trinajstić information content (AvgIpc) is 2.49. The van der Waals surface area contributed by atoms with Gasteiger partial charge in [-0.25, -0.2) is 4.79 Å². The highest BCUT2D eigenvalue weighted by Crippen LogP contribution is 2.13. The fraction of sp³-hybridized carbons (Fsp3) is 0.857.